The average Bonchev–Trinajstić information content (AvgIpc) is 3.36. The molecule has 0 bridgehead atoms. The molecule has 0 spiro atoms. The quantitative estimate of drug-likeness (QED) is 0.329. The van der Waals surface area contributed by atoms with Gasteiger partial charge in [-0.15, -0.1) is 0 Å². The summed E-state index contributed by atoms with van der Waals surface area (Å²) in [6.07, 6.45) is 0.184. The normalized spacial score (nSPS) is 14.5. The van der Waals surface area contributed by atoms with Gasteiger partial charge in [-0.25, -0.2) is 0 Å². The number of aromatic amines is 1. The summed E-state index contributed by atoms with van der Waals surface area (Å²) in [4.78, 5) is 29.8. The first-order valence-electron chi connectivity index (χ1n) is 12.7. The van der Waals surface area contributed by atoms with Crippen molar-refractivity contribution in [3.63, 3.8) is 0 Å². The molecule has 0 radical (unpaired) electrons. The zero-order valence-electron chi connectivity index (χ0n) is 20.8. The van der Waals surface area contributed by atoms with E-state index in [0.29, 0.717) is 5.69 Å². The van der Waals surface area contributed by atoms with Gasteiger partial charge in [-0.05, 0) is 29.3 Å². The van der Waals surface area contributed by atoms with Gasteiger partial charge in [0.25, 0.3) is 5.91 Å². The first-order chi connectivity index (χ1) is 18.1. The zero-order valence-corrected chi connectivity index (χ0v) is 20.8. The minimum atomic E-state index is -0.296. The lowest BCUT2D eigenvalue weighted by molar-refractivity contribution is -0.116. The molecule has 3 aromatic carbocycles. The van der Waals surface area contributed by atoms with Crippen molar-refractivity contribution in [1.29, 1.82) is 0 Å². The standard InChI is InChI=1S/C29H32N6O2/c36-27(14-15-30-29(37)28-25-8-4-5-9-26(25)32-33-28)31-24-12-10-23(11-13-24)21-35-18-16-34(17-19-35)20-22-6-2-1-3-7-22/h1-13H,14-21H2,(H,30,37)(H,31,36)(H,32,33). The van der Waals surface area contributed by atoms with Gasteiger partial charge in [0.15, 0.2) is 5.69 Å². The number of nitrogens with zero attached hydrogens (tertiary/aromatic N) is 3. The Kier molecular flexibility index (Phi) is 7.88. The van der Waals surface area contributed by atoms with Crippen LogP contribution in [0, 0.1) is 0 Å². The Hall–Kier alpha value is -4.01. The van der Waals surface area contributed by atoms with Crippen LogP contribution in [0.5, 0.6) is 0 Å². The molecule has 0 aliphatic carbocycles. The van der Waals surface area contributed by atoms with E-state index in [-0.39, 0.29) is 24.8 Å². The number of hydrogen-bond acceptors (Lipinski definition) is 5. The molecule has 1 aromatic heterocycles. The first-order valence-corrected chi connectivity index (χ1v) is 12.7. The number of H-pyrrole nitrogens is 1. The van der Waals surface area contributed by atoms with E-state index in [1.165, 1.54) is 11.1 Å². The van der Waals surface area contributed by atoms with Gasteiger partial charge in [0.05, 0.1) is 5.52 Å². The number of carbonyl (C=O) groups is 2. The maximum absolute atomic E-state index is 12.4. The number of fused-ring (bicyclic) bond motifs is 1. The summed E-state index contributed by atoms with van der Waals surface area (Å²) in [5, 5.41) is 13.4. The number of piperazine rings is 1. The molecule has 3 N–H and O–H groups in total. The molecule has 190 valence electrons. The fourth-order valence-electron chi connectivity index (χ4n) is 4.63. The van der Waals surface area contributed by atoms with E-state index in [9.17, 15) is 9.59 Å². The molecule has 1 fully saturated rings. The summed E-state index contributed by atoms with van der Waals surface area (Å²) in [7, 11) is 0. The van der Waals surface area contributed by atoms with Crippen LogP contribution in [0.1, 0.15) is 28.0 Å². The molecular weight excluding hydrogens is 464 g/mol. The second kappa shape index (κ2) is 11.8. The third-order valence-electron chi connectivity index (χ3n) is 6.68. The number of amides is 2. The highest BCUT2D eigenvalue weighted by Gasteiger charge is 2.17. The Morgan fingerprint density at radius 3 is 2.11 bits per heavy atom. The van der Waals surface area contributed by atoms with Crippen molar-refractivity contribution in [3.05, 3.63) is 95.7 Å². The van der Waals surface area contributed by atoms with Gasteiger partial charge in [-0.2, -0.15) is 5.10 Å². The summed E-state index contributed by atoms with van der Waals surface area (Å²) in [6.45, 7) is 6.37. The highest BCUT2D eigenvalue weighted by atomic mass is 16.2. The Balaban J connectivity index is 1.02. The molecule has 0 saturated carbocycles. The van der Waals surface area contributed by atoms with Crippen LogP contribution in [0.3, 0.4) is 0 Å². The number of aromatic nitrogens is 2. The van der Waals surface area contributed by atoms with Gasteiger partial charge < -0.3 is 10.6 Å². The number of nitrogens with one attached hydrogen (secondary N) is 3. The summed E-state index contributed by atoms with van der Waals surface area (Å²) in [5.74, 6) is -0.440. The molecule has 1 aliphatic rings. The summed E-state index contributed by atoms with van der Waals surface area (Å²) in [5.41, 5.74) is 4.49. The lowest BCUT2D eigenvalue weighted by atomic mass is 10.1. The summed E-state index contributed by atoms with van der Waals surface area (Å²) in [6, 6.07) is 26.1. The maximum atomic E-state index is 12.4. The molecule has 4 aromatic rings. The zero-order chi connectivity index (χ0) is 25.5. The van der Waals surface area contributed by atoms with Crippen molar-refractivity contribution in [2.24, 2.45) is 0 Å². The van der Waals surface area contributed by atoms with Crippen LogP contribution < -0.4 is 10.6 Å². The number of benzene rings is 3. The lowest BCUT2D eigenvalue weighted by Gasteiger charge is -2.34. The van der Waals surface area contributed by atoms with Crippen molar-refractivity contribution in [3.8, 4) is 0 Å². The molecule has 8 heteroatoms. The van der Waals surface area contributed by atoms with Gasteiger partial charge in [0.1, 0.15) is 0 Å². The largest absolute Gasteiger partial charge is 0.350 e. The van der Waals surface area contributed by atoms with Crippen LogP contribution >= 0.6 is 0 Å². The third kappa shape index (κ3) is 6.61. The van der Waals surface area contributed by atoms with E-state index < -0.39 is 0 Å². The Labute approximate surface area is 216 Å². The lowest BCUT2D eigenvalue weighted by Crippen LogP contribution is -2.45. The molecule has 5 rings (SSSR count). The Morgan fingerprint density at radius 1 is 0.784 bits per heavy atom. The smallest absolute Gasteiger partial charge is 0.272 e. The minimum absolute atomic E-state index is 0.144. The molecule has 0 atom stereocenters. The monoisotopic (exact) mass is 496 g/mol. The van der Waals surface area contributed by atoms with Gasteiger partial charge >= 0.3 is 0 Å². The van der Waals surface area contributed by atoms with E-state index >= 15 is 0 Å². The van der Waals surface area contributed by atoms with E-state index in [4.69, 9.17) is 0 Å². The summed E-state index contributed by atoms with van der Waals surface area (Å²) >= 11 is 0. The fourth-order valence-corrected chi connectivity index (χ4v) is 4.63. The maximum Gasteiger partial charge on any atom is 0.272 e. The number of hydrogen-bond donors (Lipinski definition) is 3. The molecule has 2 amide bonds. The van der Waals surface area contributed by atoms with E-state index in [0.717, 1.165) is 55.9 Å². The van der Waals surface area contributed by atoms with Crippen molar-refractivity contribution in [1.82, 2.24) is 25.3 Å². The van der Waals surface area contributed by atoms with Crippen molar-refractivity contribution < 1.29 is 9.59 Å². The Bertz CT molecular complexity index is 1330. The molecule has 8 nitrogen and oxygen atoms in total. The van der Waals surface area contributed by atoms with E-state index in [1.54, 1.807) is 0 Å². The van der Waals surface area contributed by atoms with Crippen LogP contribution in [0.4, 0.5) is 5.69 Å². The van der Waals surface area contributed by atoms with Gasteiger partial charge in [0, 0.05) is 63.3 Å². The van der Waals surface area contributed by atoms with Crippen molar-refractivity contribution >= 4 is 28.4 Å². The predicted octanol–water partition coefficient (Wildman–Crippen LogP) is 3.64. The predicted molar refractivity (Wildman–Crippen MR) is 145 cm³/mol. The number of carbonyl (C=O) groups excluding carboxylic acids is 2. The van der Waals surface area contributed by atoms with Crippen LogP contribution in [0.2, 0.25) is 0 Å². The van der Waals surface area contributed by atoms with Crippen LogP contribution in [0.25, 0.3) is 10.9 Å². The van der Waals surface area contributed by atoms with Crippen LogP contribution in [0.15, 0.2) is 78.9 Å². The highest BCUT2D eigenvalue weighted by Crippen LogP contribution is 2.16. The van der Waals surface area contributed by atoms with Crippen molar-refractivity contribution in [2.45, 2.75) is 19.5 Å². The van der Waals surface area contributed by atoms with Gasteiger partial charge in [-0.3, -0.25) is 24.5 Å². The summed E-state index contributed by atoms with van der Waals surface area (Å²) < 4.78 is 0. The Morgan fingerprint density at radius 2 is 1.41 bits per heavy atom. The van der Waals surface area contributed by atoms with Gasteiger partial charge in [0.2, 0.25) is 5.91 Å². The molecule has 37 heavy (non-hydrogen) atoms. The van der Waals surface area contributed by atoms with Crippen molar-refractivity contribution in [2.75, 3.05) is 38.0 Å². The molecular formula is C29H32N6O2. The van der Waals surface area contributed by atoms with E-state index in [1.807, 2.05) is 36.4 Å². The second-order valence-electron chi connectivity index (χ2n) is 9.41. The van der Waals surface area contributed by atoms with Crippen LogP contribution in [-0.2, 0) is 17.9 Å². The first kappa shape index (κ1) is 24.7. The second-order valence-corrected chi connectivity index (χ2v) is 9.41. The fraction of sp³-hybridized carbons (Fsp3) is 0.276. The topological polar surface area (TPSA) is 93.4 Å². The average molecular weight is 497 g/mol. The number of rotatable bonds is 9. The molecule has 1 saturated heterocycles. The third-order valence-corrected chi connectivity index (χ3v) is 6.68. The highest BCUT2D eigenvalue weighted by molar-refractivity contribution is 6.04. The van der Waals surface area contributed by atoms with Gasteiger partial charge in [-0.1, -0.05) is 60.7 Å². The molecule has 2 heterocycles. The minimum Gasteiger partial charge on any atom is -0.350 e. The molecule has 0 unspecified atom stereocenters. The number of anilines is 1. The van der Waals surface area contributed by atoms with Crippen LogP contribution in [-0.4, -0.2) is 64.5 Å². The molecule has 1 aliphatic heterocycles. The van der Waals surface area contributed by atoms with E-state index in [2.05, 4.69) is 73.1 Å². The SMILES string of the molecule is O=C(CCNC(=O)c1n[nH]c2ccccc12)Nc1ccc(CN2CCN(Cc3ccccc3)CC2)cc1. The number of para-hydroxylation sites is 1.